The zero-order chi connectivity index (χ0) is 27.9. The maximum Gasteiger partial charge on any atom is 0.573 e. The highest BCUT2D eigenvalue weighted by atomic mass is 35.5. The molecule has 1 N–H and O–H groups in total. The van der Waals surface area contributed by atoms with Crippen molar-refractivity contribution < 1.29 is 31.9 Å². The normalized spacial score (nSPS) is 19.6. The zero-order valence-electron chi connectivity index (χ0n) is 20.7. The quantitative estimate of drug-likeness (QED) is 0.259. The molecule has 2 aromatic carbocycles. The van der Waals surface area contributed by atoms with Crippen molar-refractivity contribution in [1.82, 2.24) is 9.88 Å². The van der Waals surface area contributed by atoms with Crippen molar-refractivity contribution in [3.8, 4) is 5.75 Å². The summed E-state index contributed by atoms with van der Waals surface area (Å²) in [5.41, 5.74) is 0.200. The average Bonchev–Trinajstić information content (AvgIpc) is 3.71. The van der Waals surface area contributed by atoms with Crippen LogP contribution in [0.2, 0.25) is 5.02 Å². The zero-order valence-corrected chi connectivity index (χ0v) is 21.4. The molecule has 1 aromatic heterocycles. The molecule has 11 heteroatoms. The number of halogens is 5. The van der Waals surface area contributed by atoms with Crippen LogP contribution < -0.4 is 15.5 Å². The van der Waals surface area contributed by atoms with Crippen LogP contribution in [0.4, 0.5) is 17.6 Å². The number of Topliss-reactive ketones (excluding diaryl/α,β-unsaturated/α-hetero) is 1. The van der Waals surface area contributed by atoms with Crippen LogP contribution in [0.25, 0.3) is 10.9 Å². The monoisotopic (exact) mass is 564 g/mol. The highest BCUT2D eigenvalue weighted by molar-refractivity contribution is 6.31. The molecule has 0 atom stereocenters. The number of alkyl halides is 3. The van der Waals surface area contributed by atoms with Gasteiger partial charge in [-0.2, -0.15) is 0 Å². The van der Waals surface area contributed by atoms with Crippen LogP contribution in [0.1, 0.15) is 71.7 Å². The molecule has 5 rings (SSSR count). The largest absolute Gasteiger partial charge is 0.573 e. The second-order valence-electron chi connectivity index (χ2n) is 10.2. The number of benzene rings is 2. The molecule has 1 heterocycles. The van der Waals surface area contributed by atoms with Crippen molar-refractivity contribution in [3.63, 3.8) is 0 Å². The molecule has 2 aliphatic carbocycles. The van der Waals surface area contributed by atoms with Crippen LogP contribution in [0.5, 0.6) is 5.75 Å². The number of fused-ring (bicyclic) bond motifs is 1. The number of carbonyl (C=O) groups excluding carboxylic acids is 2. The third-order valence-electron chi connectivity index (χ3n) is 7.33. The Balaban J connectivity index is 1.20. The van der Waals surface area contributed by atoms with Crippen LogP contribution in [0.3, 0.4) is 0 Å². The summed E-state index contributed by atoms with van der Waals surface area (Å²) in [4.78, 5) is 38.8. The van der Waals surface area contributed by atoms with Crippen LogP contribution in [-0.2, 0) is 0 Å². The molecule has 0 radical (unpaired) electrons. The third kappa shape index (κ3) is 6.27. The van der Waals surface area contributed by atoms with E-state index in [1.165, 1.54) is 24.4 Å². The lowest BCUT2D eigenvalue weighted by Crippen LogP contribution is -2.40. The molecule has 0 saturated heterocycles. The van der Waals surface area contributed by atoms with Gasteiger partial charge in [-0.3, -0.25) is 14.4 Å². The molecule has 39 heavy (non-hydrogen) atoms. The molecule has 0 spiro atoms. The van der Waals surface area contributed by atoms with Gasteiger partial charge in [0.25, 0.3) is 5.91 Å². The van der Waals surface area contributed by atoms with Gasteiger partial charge in [0.1, 0.15) is 17.1 Å². The van der Waals surface area contributed by atoms with E-state index in [2.05, 4.69) is 10.1 Å². The van der Waals surface area contributed by atoms with Gasteiger partial charge in [0.15, 0.2) is 5.78 Å². The molecule has 206 valence electrons. The second kappa shape index (κ2) is 10.6. The lowest BCUT2D eigenvalue weighted by atomic mass is 9.82. The van der Waals surface area contributed by atoms with Gasteiger partial charge < -0.3 is 14.6 Å². The van der Waals surface area contributed by atoms with Gasteiger partial charge in [-0.1, -0.05) is 11.6 Å². The summed E-state index contributed by atoms with van der Waals surface area (Å²) >= 11 is 5.94. The van der Waals surface area contributed by atoms with Gasteiger partial charge >= 0.3 is 6.36 Å². The highest BCUT2D eigenvalue weighted by Crippen LogP contribution is 2.38. The predicted octanol–water partition coefficient (Wildman–Crippen LogP) is 6.59. The lowest BCUT2D eigenvalue weighted by molar-refractivity contribution is -0.274. The van der Waals surface area contributed by atoms with E-state index >= 15 is 0 Å². The van der Waals surface area contributed by atoms with E-state index < -0.39 is 23.5 Å². The summed E-state index contributed by atoms with van der Waals surface area (Å²) in [6.45, 7) is 0. The third-order valence-corrected chi connectivity index (χ3v) is 7.61. The first-order valence-corrected chi connectivity index (χ1v) is 13.1. The van der Waals surface area contributed by atoms with Crippen molar-refractivity contribution in [3.05, 3.63) is 74.8 Å². The van der Waals surface area contributed by atoms with E-state index in [1.54, 1.807) is 0 Å². The molecule has 0 aliphatic heterocycles. The van der Waals surface area contributed by atoms with E-state index in [0.29, 0.717) is 36.8 Å². The number of hydrogen-bond donors (Lipinski definition) is 1. The number of hydrogen-bond acceptors (Lipinski definition) is 4. The molecule has 2 saturated carbocycles. The Kier molecular flexibility index (Phi) is 7.41. The Labute approximate surface area is 225 Å². The summed E-state index contributed by atoms with van der Waals surface area (Å²) in [6.07, 6.45) is 1.30. The van der Waals surface area contributed by atoms with Gasteiger partial charge in [0, 0.05) is 35.7 Å². The number of ether oxygens (including phenoxy) is 1. The van der Waals surface area contributed by atoms with Gasteiger partial charge in [-0.15, -0.1) is 13.2 Å². The van der Waals surface area contributed by atoms with Crippen molar-refractivity contribution >= 4 is 34.2 Å². The fraction of sp³-hybridized carbons (Fsp3) is 0.393. The first-order chi connectivity index (χ1) is 18.5. The Bertz CT molecular complexity index is 1470. The SMILES string of the molecule is O=C(CC1CCC(NC(=O)c2cn(C3CC3)c3cc(Cl)c(F)cc3c2=O)CC1)c1ccc(OC(F)(F)F)cc1. The van der Waals surface area contributed by atoms with Crippen molar-refractivity contribution in [1.29, 1.82) is 0 Å². The Hall–Kier alpha value is -3.40. The number of nitrogens with zero attached hydrogens (tertiary/aromatic N) is 1. The summed E-state index contributed by atoms with van der Waals surface area (Å²) < 4.78 is 56.8. The van der Waals surface area contributed by atoms with Crippen molar-refractivity contribution in [2.45, 2.75) is 63.4 Å². The Morgan fingerprint density at radius 2 is 1.69 bits per heavy atom. The van der Waals surface area contributed by atoms with Crippen molar-refractivity contribution in [2.24, 2.45) is 5.92 Å². The van der Waals surface area contributed by atoms with E-state index in [9.17, 15) is 31.9 Å². The van der Waals surface area contributed by atoms with E-state index in [4.69, 9.17) is 11.6 Å². The molecule has 6 nitrogen and oxygen atoms in total. The predicted molar refractivity (Wildman–Crippen MR) is 137 cm³/mol. The van der Waals surface area contributed by atoms with Gasteiger partial charge in [-0.25, -0.2) is 4.39 Å². The highest BCUT2D eigenvalue weighted by Gasteiger charge is 2.32. The molecule has 1 amide bonds. The van der Waals surface area contributed by atoms with Crippen molar-refractivity contribution in [2.75, 3.05) is 0 Å². The minimum atomic E-state index is -4.80. The number of ketones is 1. The molecule has 3 aromatic rings. The summed E-state index contributed by atoms with van der Waals surface area (Å²) in [5, 5.41) is 2.94. The number of carbonyl (C=O) groups is 2. The number of pyridine rings is 1. The topological polar surface area (TPSA) is 77.4 Å². The molecule has 0 unspecified atom stereocenters. The summed E-state index contributed by atoms with van der Waals surface area (Å²) in [7, 11) is 0. The first-order valence-electron chi connectivity index (χ1n) is 12.7. The van der Waals surface area contributed by atoms with Gasteiger partial charge in [0.2, 0.25) is 5.43 Å². The first kappa shape index (κ1) is 27.2. The number of aromatic nitrogens is 1. The van der Waals surface area contributed by atoms with E-state index in [1.807, 2.05) is 4.57 Å². The average molecular weight is 565 g/mol. The van der Waals surface area contributed by atoms with Crippen LogP contribution in [-0.4, -0.2) is 28.7 Å². The van der Waals surface area contributed by atoms with Gasteiger partial charge in [-0.05, 0) is 80.8 Å². The fourth-order valence-electron chi connectivity index (χ4n) is 5.16. The molecule has 0 bridgehead atoms. The molecule has 2 aliphatic rings. The summed E-state index contributed by atoms with van der Waals surface area (Å²) in [6, 6.07) is 7.28. The number of nitrogens with one attached hydrogen (secondary N) is 1. The lowest BCUT2D eigenvalue weighted by Gasteiger charge is -2.29. The molecular weight excluding hydrogens is 540 g/mol. The molecule has 2 fully saturated rings. The minimum Gasteiger partial charge on any atom is -0.406 e. The number of rotatable bonds is 7. The standard InChI is InChI=1S/C28H25ClF4N2O4/c29-22-13-24-20(12-23(22)30)26(37)21(14-35(24)18-7-8-18)27(38)34-17-5-1-15(2-6-17)11-25(36)16-3-9-19(10-4-16)39-28(31,32)33/h3-4,9-10,12-15,17-18H,1-2,5-8,11H2,(H,34,38). The van der Waals surface area contributed by atoms with Crippen LogP contribution in [0, 0.1) is 11.7 Å². The minimum absolute atomic E-state index is 0.0497. The summed E-state index contributed by atoms with van der Waals surface area (Å²) in [5.74, 6) is -1.74. The maximum absolute atomic E-state index is 14.1. The van der Waals surface area contributed by atoms with E-state index in [-0.39, 0.29) is 51.9 Å². The maximum atomic E-state index is 14.1. The van der Waals surface area contributed by atoms with Crippen LogP contribution >= 0.6 is 11.6 Å². The molecular formula is C28H25ClF4N2O4. The second-order valence-corrected chi connectivity index (χ2v) is 10.6. The van der Waals surface area contributed by atoms with Gasteiger partial charge in [0.05, 0.1) is 10.5 Å². The number of amides is 1. The van der Waals surface area contributed by atoms with E-state index in [0.717, 1.165) is 31.0 Å². The van der Waals surface area contributed by atoms with Crippen LogP contribution in [0.15, 0.2) is 47.4 Å². The fourth-order valence-corrected chi connectivity index (χ4v) is 5.32. The smallest absolute Gasteiger partial charge is 0.406 e. The Morgan fingerprint density at radius 1 is 1.03 bits per heavy atom. The Morgan fingerprint density at radius 3 is 2.31 bits per heavy atom.